The molecule has 1 aliphatic rings. The number of hydrogen-bond acceptors (Lipinski definition) is 3. The second-order valence-corrected chi connectivity index (χ2v) is 5.03. The average Bonchev–Trinajstić information content (AvgIpc) is 2.75. The van der Waals surface area contributed by atoms with Crippen molar-refractivity contribution >= 4 is 6.09 Å². The smallest absolute Gasteiger partial charge is 0.410 e. The highest BCUT2D eigenvalue weighted by Gasteiger charge is 2.25. The van der Waals surface area contributed by atoms with Gasteiger partial charge in [0.2, 0.25) is 0 Å². The van der Waals surface area contributed by atoms with E-state index in [9.17, 15) is 4.79 Å². The Morgan fingerprint density at radius 1 is 1.42 bits per heavy atom. The average molecular weight is 262 g/mol. The number of cyclic esters (lactones) is 1. The molecule has 0 aromatic heterocycles. The number of likely N-dealkylation sites (N-methyl/N-ethyl adjacent to an activating group) is 1. The van der Waals surface area contributed by atoms with Gasteiger partial charge < -0.3 is 15.0 Å². The number of rotatable bonds is 5. The zero-order chi connectivity index (χ0) is 13.8. The molecule has 0 bridgehead atoms. The zero-order valence-electron chi connectivity index (χ0n) is 11.9. The summed E-state index contributed by atoms with van der Waals surface area (Å²) < 4.78 is 4.99. The van der Waals surface area contributed by atoms with E-state index in [2.05, 4.69) is 44.3 Å². The van der Waals surface area contributed by atoms with Gasteiger partial charge in [0.15, 0.2) is 0 Å². The molecule has 1 amide bonds. The Morgan fingerprint density at radius 2 is 2.21 bits per heavy atom. The second-order valence-electron chi connectivity index (χ2n) is 5.03. The van der Waals surface area contributed by atoms with E-state index in [4.69, 9.17) is 4.74 Å². The Kier molecular flexibility index (Phi) is 4.43. The summed E-state index contributed by atoms with van der Waals surface area (Å²) in [5, 5.41) is 3.46. The van der Waals surface area contributed by atoms with Crippen molar-refractivity contribution in [2.24, 2.45) is 0 Å². The molecule has 0 saturated carbocycles. The molecule has 1 saturated heterocycles. The van der Waals surface area contributed by atoms with Gasteiger partial charge in [0, 0.05) is 6.54 Å². The van der Waals surface area contributed by atoms with Crippen molar-refractivity contribution in [1.82, 2.24) is 10.2 Å². The van der Waals surface area contributed by atoms with Gasteiger partial charge in [-0.1, -0.05) is 30.7 Å². The van der Waals surface area contributed by atoms with Crippen molar-refractivity contribution in [2.45, 2.75) is 26.8 Å². The first-order valence-corrected chi connectivity index (χ1v) is 6.84. The van der Waals surface area contributed by atoms with E-state index >= 15 is 0 Å². The highest BCUT2D eigenvalue weighted by molar-refractivity contribution is 5.69. The lowest BCUT2D eigenvalue weighted by molar-refractivity contribution is 0.156. The maximum absolute atomic E-state index is 11.6. The van der Waals surface area contributed by atoms with Crippen molar-refractivity contribution in [3.8, 4) is 0 Å². The van der Waals surface area contributed by atoms with Crippen LogP contribution in [0.1, 0.15) is 29.7 Å². The van der Waals surface area contributed by atoms with Gasteiger partial charge in [0.05, 0.1) is 12.6 Å². The largest absolute Gasteiger partial charge is 0.448 e. The summed E-state index contributed by atoms with van der Waals surface area (Å²) in [7, 11) is 0. The molecule has 1 heterocycles. The Bertz CT molecular complexity index is 459. The first-order chi connectivity index (χ1) is 9.11. The SMILES string of the molecule is CCNC(CN1CCOC1=O)c1ccc(C)cc1C. The molecule has 0 spiro atoms. The van der Waals surface area contributed by atoms with Gasteiger partial charge in [-0.05, 0) is 31.5 Å². The standard InChI is InChI=1S/C15H22N2O2/c1-4-16-14(10-17-7-8-19-15(17)18)13-6-5-11(2)9-12(13)3/h5-6,9,14,16H,4,7-8,10H2,1-3H3. The number of nitrogens with one attached hydrogen (secondary N) is 1. The minimum Gasteiger partial charge on any atom is -0.448 e. The first-order valence-electron chi connectivity index (χ1n) is 6.84. The van der Waals surface area contributed by atoms with Crippen LogP contribution in [0.25, 0.3) is 0 Å². The predicted molar refractivity (Wildman–Crippen MR) is 75.3 cm³/mol. The van der Waals surface area contributed by atoms with Crippen LogP contribution in [0.15, 0.2) is 18.2 Å². The first kappa shape index (κ1) is 13.9. The third-order valence-electron chi connectivity index (χ3n) is 3.50. The normalized spacial score (nSPS) is 16.6. The van der Waals surface area contributed by atoms with Crippen LogP contribution < -0.4 is 5.32 Å². The molecule has 1 N–H and O–H groups in total. The molecular formula is C15H22N2O2. The number of nitrogens with zero attached hydrogens (tertiary/aromatic N) is 1. The summed E-state index contributed by atoms with van der Waals surface area (Å²) in [6.07, 6.45) is -0.201. The van der Waals surface area contributed by atoms with Crippen LogP contribution in [-0.2, 0) is 4.74 Å². The van der Waals surface area contributed by atoms with Crippen LogP contribution in [0.5, 0.6) is 0 Å². The lowest BCUT2D eigenvalue weighted by Gasteiger charge is -2.24. The van der Waals surface area contributed by atoms with Crippen LogP contribution >= 0.6 is 0 Å². The van der Waals surface area contributed by atoms with Gasteiger partial charge >= 0.3 is 6.09 Å². The maximum atomic E-state index is 11.6. The van der Waals surface area contributed by atoms with Crippen molar-refractivity contribution in [2.75, 3.05) is 26.2 Å². The molecule has 1 fully saturated rings. The fraction of sp³-hybridized carbons (Fsp3) is 0.533. The van der Waals surface area contributed by atoms with E-state index in [1.54, 1.807) is 4.90 Å². The van der Waals surface area contributed by atoms with Crippen molar-refractivity contribution in [3.05, 3.63) is 34.9 Å². The van der Waals surface area contributed by atoms with Crippen LogP contribution in [0.4, 0.5) is 4.79 Å². The third kappa shape index (κ3) is 3.26. The Morgan fingerprint density at radius 3 is 2.79 bits per heavy atom. The van der Waals surface area contributed by atoms with Gasteiger partial charge in [-0.15, -0.1) is 0 Å². The summed E-state index contributed by atoms with van der Waals surface area (Å²) in [6, 6.07) is 6.62. The highest BCUT2D eigenvalue weighted by atomic mass is 16.6. The summed E-state index contributed by atoms with van der Waals surface area (Å²) in [6.45, 7) is 9.03. The van der Waals surface area contributed by atoms with E-state index in [0.29, 0.717) is 19.7 Å². The van der Waals surface area contributed by atoms with Crippen molar-refractivity contribution in [3.63, 3.8) is 0 Å². The van der Waals surface area contributed by atoms with Gasteiger partial charge in [-0.3, -0.25) is 0 Å². The minimum absolute atomic E-state index is 0.163. The molecule has 1 aromatic carbocycles. The van der Waals surface area contributed by atoms with Gasteiger partial charge in [-0.25, -0.2) is 4.79 Å². The Labute approximate surface area is 114 Å². The summed E-state index contributed by atoms with van der Waals surface area (Å²) >= 11 is 0. The summed E-state index contributed by atoms with van der Waals surface area (Å²) in [4.78, 5) is 13.3. The number of benzene rings is 1. The number of hydrogen-bond donors (Lipinski definition) is 1. The van der Waals surface area contributed by atoms with E-state index < -0.39 is 0 Å². The van der Waals surface area contributed by atoms with Crippen LogP contribution in [-0.4, -0.2) is 37.2 Å². The van der Waals surface area contributed by atoms with E-state index in [1.165, 1.54) is 16.7 Å². The van der Waals surface area contributed by atoms with Crippen LogP contribution in [0.2, 0.25) is 0 Å². The number of ether oxygens (including phenoxy) is 1. The molecule has 1 aromatic rings. The van der Waals surface area contributed by atoms with E-state index in [0.717, 1.165) is 6.54 Å². The summed E-state index contributed by atoms with van der Waals surface area (Å²) in [5.41, 5.74) is 3.78. The molecule has 104 valence electrons. The molecule has 1 unspecified atom stereocenters. The fourth-order valence-corrected chi connectivity index (χ4v) is 2.55. The molecule has 19 heavy (non-hydrogen) atoms. The third-order valence-corrected chi connectivity index (χ3v) is 3.50. The van der Waals surface area contributed by atoms with E-state index in [-0.39, 0.29) is 12.1 Å². The topological polar surface area (TPSA) is 41.6 Å². The monoisotopic (exact) mass is 262 g/mol. The predicted octanol–water partition coefficient (Wildman–Crippen LogP) is 2.41. The van der Waals surface area contributed by atoms with Gasteiger partial charge in [0.1, 0.15) is 6.61 Å². The fourth-order valence-electron chi connectivity index (χ4n) is 2.55. The minimum atomic E-state index is -0.201. The molecule has 4 heteroatoms. The molecular weight excluding hydrogens is 240 g/mol. The lowest BCUT2D eigenvalue weighted by atomic mass is 9.98. The Balaban J connectivity index is 2.16. The number of amides is 1. The second kappa shape index (κ2) is 6.06. The van der Waals surface area contributed by atoms with E-state index in [1.807, 2.05) is 0 Å². The van der Waals surface area contributed by atoms with Gasteiger partial charge in [0.25, 0.3) is 0 Å². The molecule has 2 rings (SSSR count). The number of aryl methyl sites for hydroxylation is 2. The summed E-state index contributed by atoms with van der Waals surface area (Å²) in [5.74, 6) is 0. The Hall–Kier alpha value is -1.55. The van der Waals surface area contributed by atoms with Crippen molar-refractivity contribution in [1.29, 1.82) is 0 Å². The highest BCUT2D eigenvalue weighted by Crippen LogP contribution is 2.21. The molecule has 0 aliphatic carbocycles. The van der Waals surface area contributed by atoms with Crippen LogP contribution in [0.3, 0.4) is 0 Å². The molecule has 0 radical (unpaired) electrons. The lowest BCUT2D eigenvalue weighted by Crippen LogP contribution is -2.36. The zero-order valence-corrected chi connectivity index (χ0v) is 11.9. The van der Waals surface area contributed by atoms with Crippen LogP contribution in [0, 0.1) is 13.8 Å². The van der Waals surface area contributed by atoms with Crippen molar-refractivity contribution < 1.29 is 9.53 Å². The molecule has 1 atom stereocenters. The molecule has 4 nitrogen and oxygen atoms in total. The number of carbonyl (C=O) groups is 1. The maximum Gasteiger partial charge on any atom is 0.410 e. The number of carbonyl (C=O) groups excluding carboxylic acids is 1. The van der Waals surface area contributed by atoms with Gasteiger partial charge in [-0.2, -0.15) is 0 Å². The quantitative estimate of drug-likeness (QED) is 0.886. The molecule has 1 aliphatic heterocycles.